The Labute approximate surface area is 109 Å². The summed E-state index contributed by atoms with van der Waals surface area (Å²) < 4.78 is 10.0. The second-order valence-corrected chi connectivity index (χ2v) is 3.83. The summed E-state index contributed by atoms with van der Waals surface area (Å²) in [5, 5.41) is 10.5. The number of hydrogen-bond acceptors (Lipinski definition) is 5. The van der Waals surface area contributed by atoms with Gasteiger partial charge in [-0.25, -0.2) is 4.79 Å². The molecule has 1 aromatic rings. The molecule has 1 amide bonds. The highest BCUT2D eigenvalue weighted by Gasteiger charge is 2.14. The van der Waals surface area contributed by atoms with Crippen LogP contribution in [-0.2, 0) is 16.1 Å². The molecule has 0 aliphatic carbocycles. The third-order valence-electron chi connectivity index (χ3n) is 2.53. The smallest absolute Gasteiger partial charge is 0.414 e. The van der Waals surface area contributed by atoms with E-state index in [0.29, 0.717) is 18.7 Å². The summed E-state index contributed by atoms with van der Waals surface area (Å²) in [5.74, 6) is 0. The summed E-state index contributed by atoms with van der Waals surface area (Å²) >= 11 is 0. The van der Waals surface area contributed by atoms with Crippen LogP contribution in [0.15, 0.2) is 36.7 Å². The zero-order valence-electron chi connectivity index (χ0n) is 10.0. The maximum absolute atomic E-state index is 11.6. The van der Waals surface area contributed by atoms with Crippen LogP contribution in [0.4, 0.5) is 10.5 Å². The topological polar surface area (TPSA) is 81.9 Å². The molecule has 1 aromatic carbocycles. The molecular weight excluding hydrogens is 252 g/mol. The fourth-order valence-electron chi connectivity index (χ4n) is 1.50. The van der Waals surface area contributed by atoms with Crippen LogP contribution in [0.25, 0.3) is 0 Å². The molecule has 0 fully saturated rings. The van der Waals surface area contributed by atoms with Crippen LogP contribution < -0.4 is 0 Å². The average molecular weight is 264 g/mol. The van der Waals surface area contributed by atoms with Crippen molar-refractivity contribution in [2.24, 2.45) is 0 Å². The van der Waals surface area contributed by atoms with E-state index in [4.69, 9.17) is 9.47 Å². The molecule has 0 bridgehead atoms. The monoisotopic (exact) mass is 264 g/mol. The Balaban J connectivity index is 1.87. The summed E-state index contributed by atoms with van der Waals surface area (Å²) in [6.07, 6.45) is 2.45. The highest BCUT2D eigenvalue weighted by Crippen LogP contribution is 2.13. The first-order valence-electron chi connectivity index (χ1n) is 5.62. The van der Waals surface area contributed by atoms with E-state index >= 15 is 0 Å². The lowest BCUT2D eigenvalue weighted by Gasteiger charge is -2.20. The molecule has 0 unspecified atom stereocenters. The first kappa shape index (κ1) is 12.9. The molecule has 1 heterocycles. The van der Waals surface area contributed by atoms with Gasteiger partial charge in [-0.1, -0.05) is 0 Å². The third-order valence-corrected chi connectivity index (χ3v) is 2.53. The Hall–Kier alpha value is -2.57. The Morgan fingerprint density at radius 3 is 2.74 bits per heavy atom. The molecule has 0 aromatic heterocycles. The van der Waals surface area contributed by atoms with Gasteiger partial charge in [-0.3, -0.25) is 15.0 Å². The minimum Gasteiger partial charge on any atom is -0.498 e. The van der Waals surface area contributed by atoms with Crippen molar-refractivity contribution in [1.82, 2.24) is 4.90 Å². The highest BCUT2D eigenvalue weighted by atomic mass is 16.6. The van der Waals surface area contributed by atoms with Gasteiger partial charge < -0.3 is 9.47 Å². The maximum Gasteiger partial charge on any atom is 0.414 e. The van der Waals surface area contributed by atoms with Gasteiger partial charge >= 0.3 is 6.09 Å². The van der Waals surface area contributed by atoms with Crippen molar-refractivity contribution in [3.8, 4) is 0 Å². The molecular formula is C12H12N2O5. The van der Waals surface area contributed by atoms with Gasteiger partial charge in [0.25, 0.3) is 5.69 Å². The van der Waals surface area contributed by atoms with Crippen molar-refractivity contribution >= 4 is 11.8 Å². The summed E-state index contributed by atoms with van der Waals surface area (Å²) in [7, 11) is 0. The lowest BCUT2D eigenvalue weighted by atomic mass is 10.2. The number of nitrogens with zero attached hydrogens (tertiary/aromatic N) is 2. The number of benzene rings is 1. The fourth-order valence-corrected chi connectivity index (χ4v) is 1.50. The molecule has 7 nitrogen and oxygen atoms in total. The minimum atomic E-state index is -0.478. The van der Waals surface area contributed by atoms with E-state index in [1.54, 1.807) is 12.1 Å². The third kappa shape index (κ3) is 3.44. The molecule has 7 heteroatoms. The second kappa shape index (κ2) is 5.85. The van der Waals surface area contributed by atoms with E-state index < -0.39 is 11.0 Å². The van der Waals surface area contributed by atoms with Crippen LogP contribution in [0, 0.1) is 10.1 Å². The van der Waals surface area contributed by atoms with Crippen LogP contribution in [0.1, 0.15) is 5.56 Å². The molecule has 0 radical (unpaired) electrons. The van der Waals surface area contributed by atoms with E-state index in [0.717, 1.165) is 0 Å². The number of carbonyl (C=O) groups excluding carboxylic acids is 1. The predicted octanol–water partition coefficient (Wildman–Crippen LogP) is 2.03. The summed E-state index contributed by atoms with van der Waals surface area (Å²) in [6, 6.07) is 5.86. The number of amides is 1. The molecule has 0 atom stereocenters. The fraction of sp³-hybridized carbons (Fsp3) is 0.250. The zero-order valence-corrected chi connectivity index (χ0v) is 10.0. The normalized spacial score (nSPS) is 13.8. The van der Waals surface area contributed by atoms with Crippen LogP contribution in [0.3, 0.4) is 0 Å². The lowest BCUT2D eigenvalue weighted by molar-refractivity contribution is -0.384. The van der Waals surface area contributed by atoms with Crippen LogP contribution in [-0.4, -0.2) is 29.1 Å². The average Bonchev–Trinajstić information content (AvgIpc) is 2.46. The van der Waals surface area contributed by atoms with Crippen molar-refractivity contribution in [3.63, 3.8) is 0 Å². The number of rotatable bonds is 3. The predicted molar refractivity (Wildman–Crippen MR) is 65.1 cm³/mol. The van der Waals surface area contributed by atoms with E-state index in [-0.39, 0.29) is 12.3 Å². The minimum absolute atomic E-state index is 0.00573. The molecule has 19 heavy (non-hydrogen) atoms. The van der Waals surface area contributed by atoms with E-state index in [1.165, 1.54) is 29.5 Å². The van der Waals surface area contributed by atoms with E-state index in [2.05, 4.69) is 0 Å². The van der Waals surface area contributed by atoms with Crippen molar-refractivity contribution < 1.29 is 19.2 Å². The van der Waals surface area contributed by atoms with Crippen molar-refractivity contribution in [3.05, 3.63) is 52.4 Å². The largest absolute Gasteiger partial charge is 0.498 e. The van der Waals surface area contributed by atoms with Gasteiger partial charge in [0.1, 0.15) is 13.2 Å². The van der Waals surface area contributed by atoms with Gasteiger partial charge in [-0.15, -0.1) is 0 Å². The number of carbonyl (C=O) groups is 1. The molecule has 100 valence electrons. The second-order valence-electron chi connectivity index (χ2n) is 3.83. The first-order valence-corrected chi connectivity index (χ1v) is 5.62. The number of non-ortho nitro benzene ring substituents is 1. The number of nitro benzene ring substituents is 1. The van der Waals surface area contributed by atoms with Crippen LogP contribution in [0.2, 0.25) is 0 Å². The summed E-state index contributed by atoms with van der Waals surface area (Å²) in [4.78, 5) is 23.0. The van der Waals surface area contributed by atoms with Gasteiger partial charge in [0.2, 0.25) is 0 Å². The van der Waals surface area contributed by atoms with Crippen LogP contribution in [0.5, 0.6) is 0 Å². The molecule has 0 N–H and O–H groups in total. The van der Waals surface area contributed by atoms with Gasteiger partial charge in [0, 0.05) is 18.3 Å². The summed E-state index contributed by atoms with van der Waals surface area (Å²) in [5.41, 5.74) is 0.697. The van der Waals surface area contributed by atoms with E-state index in [1.807, 2.05) is 0 Å². The Bertz CT molecular complexity index is 497. The zero-order chi connectivity index (χ0) is 13.7. The molecule has 2 rings (SSSR count). The standard InChI is InChI=1S/C12H12N2O5/c15-12(13-5-7-18-8-6-13)19-9-10-1-3-11(4-2-10)14(16)17/h1-5,7H,6,8-9H2. The SMILES string of the molecule is O=C(OCc1ccc([N+](=O)[O-])cc1)N1C=COCC1. The summed E-state index contributed by atoms with van der Waals surface area (Å²) in [6.45, 7) is 0.945. The Kier molecular flexibility index (Phi) is 3.97. The molecule has 0 saturated carbocycles. The number of nitro groups is 1. The molecule has 1 aliphatic heterocycles. The molecule has 0 saturated heterocycles. The molecule has 1 aliphatic rings. The van der Waals surface area contributed by atoms with Crippen molar-refractivity contribution in [2.45, 2.75) is 6.61 Å². The Morgan fingerprint density at radius 1 is 1.42 bits per heavy atom. The number of ether oxygens (including phenoxy) is 2. The Morgan fingerprint density at radius 2 is 2.16 bits per heavy atom. The number of hydrogen-bond donors (Lipinski definition) is 0. The molecule has 0 spiro atoms. The van der Waals surface area contributed by atoms with E-state index in [9.17, 15) is 14.9 Å². The van der Waals surface area contributed by atoms with Gasteiger partial charge in [-0.05, 0) is 17.7 Å². The van der Waals surface area contributed by atoms with Crippen molar-refractivity contribution in [2.75, 3.05) is 13.2 Å². The van der Waals surface area contributed by atoms with Crippen molar-refractivity contribution in [1.29, 1.82) is 0 Å². The van der Waals surface area contributed by atoms with Crippen LogP contribution >= 0.6 is 0 Å². The van der Waals surface area contributed by atoms with Gasteiger partial charge in [0.15, 0.2) is 0 Å². The highest BCUT2D eigenvalue weighted by molar-refractivity contribution is 5.68. The first-order chi connectivity index (χ1) is 9.16. The lowest BCUT2D eigenvalue weighted by Crippen LogP contribution is -2.31. The maximum atomic E-state index is 11.6. The quantitative estimate of drug-likeness (QED) is 0.616. The van der Waals surface area contributed by atoms with Gasteiger partial charge in [-0.2, -0.15) is 0 Å². The van der Waals surface area contributed by atoms with Gasteiger partial charge in [0.05, 0.1) is 17.7 Å².